The van der Waals surface area contributed by atoms with Crippen molar-refractivity contribution in [2.45, 2.75) is 38.5 Å². The third kappa shape index (κ3) is 5.93. The van der Waals surface area contributed by atoms with Gasteiger partial charge < -0.3 is 9.47 Å². The van der Waals surface area contributed by atoms with E-state index in [-0.39, 0.29) is 10.8 Å². The Morgan fingerprint density at radius 1 is 0.343 bits per heavy atom. The zero-order valence-electron chi connectivity index (χ0n) is 39.8. The predicted molar refractivity (Wildman–Crippen MR) is 296 cm³/mol. The first-order valence-corrected chi connectivity index (χ1v) is 24.7. The number of para-hydroxylation sites is 2. The van der Waals surface area contributed by atoms with Crippen molar-refractivity contribution in [3.05, 3.63) is 253 Å². The molecule has 0 atom stereocenters. The molecule has 2 aliphatic carbocycles. The minimum atomic E-state index is -0.210. The number of anilines is 3. The van der Waals surface area contributed by atoms with Crippen LogP contribution in [0.4, 0.5) is 17.1 Å². The number of rotatable bonds is 6. The van der Waals surface area contributed by atoms with E-state index >= 15 is 0 Å². The molecule has 0 amide bonds. The maximum absolute atomic E-state index is 2.49. The lowest BCUT2D eigenvalue weighted by atomic mass is 9.79. The average molecular weight is 895 g/mol. The lowest BCUT2D eigenvalue weighted by molar-refractivity contribution is 0.660. The molecule has 0 fully saturated rings. The highest BCUT2D eigenvalue weighted by Crippen LogP contribution is 2.56. The first-order valence-electron chi connectivity index (χ1n) is 24.7. The van der Waals surface area contributed by atoms with Gasteiger partial charge in [-0.3, -0.25) is 0 Å². The Morgan fingerprint density at radius 3 is 1.67 bits per heavy atom. The van der Waals surface area contributed by atoms with Crippen LogP contribution in [-0.2, 0) is 10.8 Å². The molecule has 0 unspecified atom stereocenters. The summed E-state index contributed by atoms with van der Waals surface area (Å²) in [6.07, 6.45) is 0. The number of nitrogens with zero attached hydrogens (tertiary/aromatic N) is 2. The van der Waals surface area contributed by atoms with E-state index in [0.717, 1.165) is 17.1 Å². The van der Waals surface area contributed by atoms with Crippen LogP contribution in [0.1, 0.15) is 49.9 Å². The highest BCUT2D eigenvalue weighted by atomic mass is 15.1. The van der Waals surface area contributed by atoms with E-state index in [4.69, 9.17) is 0 Å². The summed E-state index contributed by atoms with van der Waals surface area (Å²) < 4.78 is 2.49. The fraction of sp³-hybridized carbons (Fsp3) is 0.0882. The van der Waals surface area contributed by atoms with Crippen molar-refractivity contribution >= 4 is 60.4 Å². The van der Waals surface area contributed by atoms with E-state index in [1.807, 2.05) is 0 Å². The molecule has 11 aromatic carbocycles. The maximum atomic E-state index is 2.49. The standard InChI is InChI=1S/C68H50N2/c1-67(2)60-37-28-48(40-58(60)54-36-33-53(42-62(54)67)69(52-32-25-44-17-11-12-18-47(44)39-52)51-30-23-45(24-31-51)43-15-7-5-8-16-43)49-29-38-61-59(41-49)56-34-26-46-27-35-57-55-21-13-14-22-63(55)70(50-19-9-6-10-20-50)66(57)64(46)65(56)68(61,3)4/h5-42H,1-4H3. The molecule has 0 radical (unpaired) electrons. The van der Waals surface area contributed by atoms with Crippen molar-refractivity contribution < 1.29 is 0 Å². The number of hydrogen-bond acceptors (Lipinski definition) is 1. The van der Waals surface area contributed by atoms with Gasteiger partial charge in [-0.2, -0.15) is 0 Å². The number of aromatic nitrogens is 1. The van der Waals surface area contributed by atoms with Gasteiger partial charge in [0.1, 0.15) is 0 Å². The van der Waals surface area contributed by atoms with Crippen LogP contribution in [0.3, 0.4) is 0 Å². The number of hydrogen-bond donors (Lipinski definition) is 0. The van der Waals surface area contributed by atoms with E-state index < -0.39 is 0 Å². The first-order chi connectivity index (χ1) is 34.2. The van der Waals surface area contributed by atoms with Crippen LogP contribution in [0.2, 0.25) is 0 Å². The van der Waals surface area contributed by atoms with Crippen LogP contribution >= 0.6 is 0 Å². The number of benzene rings is 11. The number of fused-ring (bicyclic) bond motifs is 13. The molecule has 2 aliphatic rings. The van der Waals surface area contributed by atoms with E-state index in [9.17, 15) is 0 Å². The summed E-state index contributed by atoms with van der Waals surface area (Å²) in [6.45, 7) is 9.63. The normalized spacial score (nSPS) is 13.9. The SMILES string of the molecule is CC1(C)c2ccc(-c3ccc4c(c3)-c3ccc5ccc6c7ccccc7n(-c7ccccc7)c6c5c3C4(C)C)cc2-c2ccc(N(c3ccc(-c4ccccc4)cc3)c3ccc4ccccc4c3)cc21. The van der Waals surface area contributed by atoms with Crippen molar-refractivity contribution in [1.29, 1.82) is 0 Å². The molecule has 2 heteroatoms. The molecule has 12 aromatic rings. The monoisotopic (exact) mass is 894 g/mol. The Hall–Kier alpha value is -8.46. The molecule has 1 heterocycles. The summed E-state index contributed by atoms with van der Waals surface area (Å²) in [4.78, 5) is 2.42. The molecule has 0 saturated carbocycles. The second kappa shape index (κ2) is 15.0. The first kappa shape index (κ1) is 40.6. The van der Waals surface area contributed by atoms with Crippen LogP contribution in [0.25, 0.3) is 93.5 Å². The minimum absolute atomic E-state index is 0.194. The second-order valence-corrected chi connectivity index (χ2v) is 20.5. The van der Waals surface area contributed by atoms with Crippen molar-refractivity contribution in [2.24, 2.45) is 0 Å². The van der Waals surface area contributed by atoms with E-state index in [0.29, 0.717) is 0 Å². The summed E-state index contributed by atoms with van der Waals surface area (Å²) >= 11 is 0. The Bertz CT molecular complexity index is 4100. The fourth-order valence-corrected chi connectivity index (χ4v) is 12.5. The van der Waals surface area contributed by atoms with Crippen molar-refractivity contribution in [3.8, 4) is 50.2 Å². The average Bonchev–Trinajstić information content (AvgIpc) is 3.95. The third-order valence-electron chi connectivity index (χ3n) is 15.9. The highest BCUT2D eigenvalue weighted by Gasteiger charge is 2.39. The van der Waals surface area contributed by atoms with Crippen LogP contribution in [0.5, 0.6) is 0 Å². The van der Waals surface area contributed by atoms with Gasteiger partial charge in [-0.05, 0) is 150 Å². The Kier molecular flexibility index (Phi) is 8.71. The molecule has 0 N–H and O–H groups in total. The second-order valence-electron chi connectivity index (χ2n) is 20.5. The smallest absolute Gasteiger partial charge is 0.0622 e. The van der Waals surface area contributed by atoms with Crippen LogP contribution in [0.15, 0.2) is 231 Å². The largest absolute Gasteiger partial charge is 0.310 e. The van der Waals surface area contributed by atoms with Crippen LogP contribution in [-0.4, -0.2) is 4.57 Å². The maximum Gasteiger partial charge on any atom is 0.0622 e. The molecule has 70 heavy (non-hydrogen) atoms. The van der Waals surface area contributed by atoms with Gasteiger partial charge in [0.05, 0.1) is 11.0 Å². The van der Waals surface area contributed by atoms with E-state index in [2.05, 4.69) is 268 Å². The van der Waals surface area contributed by atoms with Gasteiger partial charge in [0.15, 0.2) is 0 Å². The molecule has 0 saturated heterocycles. The highest BCUT2D eigenvalue weighted by molar-refractivity contribution is 6.21. The molecular weight excluding hydrogens is 845 g/mol. The summed E-state index contributed by atoms with van der Waals surface area (Å²) in [5.41, 5.74) is 22.4. The third-order valence-corrected chi connectivity index (χ3v) is 15.9. The van der Waals surface area contributed by atoms with E-state index in [1.54, 1.807) is 0 Å². The quantitative estimate of drug-likeness (QED) is 0.161. The summed E-state index contributed by atoms with van der Waals surface area (Å²) in [6, 6.07) is 85.9. The minimum Gasteiger partial charge on any atom is -0.310 e. The van der Waals surface area contributed by atoms with Gasteiger partial charge >= 0.3 is 0 Å². The van der Waals surface area contributed by atoms with Crippen molar-refractivity contribution in [2.75, 3.05) is 4.90 Å². The Balaban J connectivity index is 0.881. The molecule has 332 valence electrons. The fourth-order valence-electron chi connectivity index (χ4n) is 12.5. The van der Waals surface area contributed by atoms with Gasteiger partial charge in [0.25, 0.3) is 0 Å². The Morgan fingerprint density at radius 2 is 0.900 bits per heavy atom. The van der Waals surface area contributed by atoms with Crippen LogP contribution in [0, 0.1) is 0 Å². The lowest BCUT2D eigenvalue weighted by Crippen LogP contribution is -2.16. The van der Waals surface area contributed by atoms with Crippen LogP contribution < -0.4 is 4.90 Å². The van der Waals surface area contributed by atoms with Crippen molar-refractivity contribution in [3.63, 3.8) is 0 Å². The summed E-state index contributed by atoms with van der Waals surface area (Å²) in [7, 11) is 0. The van der Waals surface area contributed by atoms with E-state index in [1.165, 1.54) is 116 Å². The zero-order chi connectivity index (χ0) is 46.9. The van der Waals surface area contributed by atoms with Gasteiger partial charge in [-0.15, -0.1) is 0 Å². The Labute approximate surface area is 409 Å². The molecule has 0 spiro atoms. The molecule has 14 rings (SSSR count). The van der Waals surface area contributed by atoms with Crippen molar-refractivity contribution in [1.82, 2.24) is 4.57 Å². The van der Waals surface area contributed by atoms with Gasteiger partial charge in [-0.25, -0.2) is 0 Å². The predicted octanol–water partition coefficient (Wildman–Crippen LogP) is 18.5. The van der Waals surface area contributed by atoms with Gasteiger partial charge in [-0.1, -0.05) is 191 Å². The summed E-state index contributed by atoms with van der Waals surface area (Å²) in [5.74, 6) is 0. The molecular formula is C68H50N2. The van der Waals surface area contributed by atoms with Gasteiger partial charge in [0.2, 0.25) is 0 Å². The summed E-state index contributed by atoms with van der Waals surface area (Å²) in [5, 5.41) is 7.66. The molecule has 0 aliphatic heterocycles. The molecule has 1 aromatic heterocycles. The zero-order valence-corrected chi connectivity index (χ0v) is 39.8. The molecule has 2 nitrogen and oxygen atoms in total. The molecule has 0 bridgehead atoms. The van der Waals surface area contributed by atoms with Gasteiger partial charge in [0, 0.05) is 49.7 Å². The lowest BCUT2D eigenvalue weighted by Gasteiger charge is -2.28. The topological polar surface area (TPSA) is 8.17 Å².